The summed E-state index contributed by atoms with van der Waals surface area (Å²) in [6.45, 7) is 0. The summed E-state index contributed by atoms with van der Waals surface area (Å²) in [5, 5.41) is 7.60. The minimum Gasteiger partial charge on any atom is -0.0622 e. The van der Waals surface area contributed by atoms with E-state index in [4.69, 9.17) is 0 Å². The van der Waals surface area contributed by atoms with E-state index in [1.165, 1.54) is 76.8 Å². The highest BCUT2D eigenvalue weighted by Crippen LogP contribution is 2.38. The third-order valence-corrected chi connectivity index (χ3v) is 8.42. The lowest BCUT2D eigenvalue weighted by atomic mass is 9.89. The van der Waals surface area contributed by atoms with Crippen LogP contribution in [0.5, 0.6) is 0 Å². The van der Waals surface area contributed by atoms with Crippen LogP contribution >= 0.6 is 0 Å². The lowest BCUT2D eigenvalue weighted by Gasteiger charge is -2.14. The Morgan fingerprint density at radius 2 is 0.667 bits per heavy atom. The fraction of sp³-hybridized carbons (Fsp3) is 0. The van der Waals surface area contributed by atoms with Crippen LogP contribution in [0.2, 0.25) is 0 Å². The summed E-state index contributed by atoms with van der Waals surface area (Å²) in [6, 6.07) is 61.8. The molecular weight excluding hydrogens is 504 g/mol. The SMILES string of the molecule is c1ccc(-c2cccc(-c3ccc4c(ccc5cc(-c6cc7ccccc7cc6-c6ccccc6)ccc54)c3)c2)cc1. The summed E-state index contributed by atoms with van der Waals surface area (Å²) < 4.78 is 0. The third-order valence-electron chi connectivity index (χ3n) is 8.42. The zero-order chi connectivity index (χ0) is 27.9. The fourth-order valence-corrected chi connectivity index (χ4v) is 6.26. The quantitative estimate of drug-likeness (QED) is 0.198. The Hall–Kier alpha value is -5.46. The standard InChI is InChI=1S/C42H28/c1-3-10-29(11-4-1)31-16-9-17-32(24-31)35-20-22-39-36(25-35)18-19-37-26-38(21-23-40(37)39)42-28-34-15-8-7-14-33(34)27-41(42)30-12-5-2-6-13-30/h1-28H. The first-order chi connectivity index (χ1) is 20.8. The number of hydrogen-bond acceptors (Lipinski definition) is 0. The molecule has 0 saturated heterocycles. The molecule has 196 valence electrons. The van der Waals surface area contributed by atoms with Gasteiger partial charge in [-0.05, 0) is 107 Å². The molecule has 0 unspecified atom stereocenters. The molecular formula is C42H28. The highest BCUT2D eigenvalue weighted by molar-refractivity contribution is 6.10. The molecule has 0 N–H and O–H groups in total. The summed E-state index contributed by atoms with van der Waals surface area (Å²) >= 11 is 0. The van der Waals surface area contributed by atoms with E-state index < -0.39 is 0 Å². The average Bonchev–Trinajstić information content (AvgIpc) is 3.08. The van der Waals surface area contributed by atoms with Crippen LogP contribution in [0.3, 0.4) is 0 Å². The lowest BCUT2D eigenvalue weighted by molar-refractivity contribution is 1.60. The zero-order valence-electron chi connectivity index (χ0n) is 23.2. The molecule has 0 bridgehead atoms. The molecule has 42 heavy (non-hydrogen) atoms. The van der Waals surface area contributed by atoms with E-state index in [-0.39, 0.29) is 0 Å². The molecule has 8 rings (SSSR count). The predicted molar refractivity (Wildman–Crippen MR) is 181 cm³/mol. The molecule has 0 fully saturated rings. The zero-order valence-corrected chi connectivity index (χ0v) is 23.2. The molecule has 0 amide bonds. The molecule has 0 nitrogen and oxygen atoms in total. The number of fused-ring (bicyclic) bond motifs is 4. The van der Waals surface area contributed by atoms with E-state index >= 15 is 0 Å². The van der Waals surface area contributed by atoms with Crippen molar-refractivity contribution >= 4 is 32.3 Å². The second-order valence-electron chi connectivity index (χ2n) is 11.0. The molecule has 8 aromatic carbocycles. The van der Waals surface area contributed by atoms with E-state index in [1.54, 1.807) is 0 Å². The molecule has 0 atom stereocenters. The van der Waals surface area contributed by atoms with Gasteiger partial charge in [-0.2, -0.15) is 0 Å². The Morgan fingerprint density at radius 1 is 0.214 bits per heavy atom. The lowest BCUT2D eigenvalue weighted by Crippen LogP contribution is -1.88. The van der Waals surface area contributed by atoms with Gasteiger partial charge in [0.25, 0.3) is 0 Å². The monoisotopic (exact) mass is 532 g/mol. The average molecular weight is 533 g/mol. The van der Waals surface area contributed by atoms with E-state index in [1.807, 2.05) is 0 Å². The van der Waals surface area contributed by atoms with Gasteiger partial charge in [0.15, 0.2) is 0 Å². The van der Waals surface area contributed by atoms with E-state index in [2.05, 4.69) is 170 Å². The highest BCUT2D eigenvalue weighted by atomic mass is 14.2. The normalized spacial score (nSPS) is 11.3. The molecule has 0 heteroatoms. The molecule has 0 saturated carbocycles. The fourth-order valence-electron chi connectivity index (χ4n) is 6.26. The molecule has 0 heterocycles. The van der Waals surface area contributed by atoms with Crippen molar-refractivity contribution in [1.82, 2.24) is 0 Å². The van der Waals surface area contributed by atoms with Crippen LogP contribution in [0.15, 0.2) is 170 Å². The van der Waals surface area contributed by atoms with Crippen LogP contribution in [0.1, 0.15) is 0 Å². The summed E-state index contributed by atoms with van der Waals surface area (Å²) in [7, 11) is 0. The molecule has 8 aromatic rings. The highest BCUT2D eigenvalue weighted by Gasteiger charge is 2.12. The van der Waals surface area contributed by atoms with Crippen LogP contribution in [-0.4, -0.2) is 0 Å². The van der Waals surface area contributed by atoms with E-state index in [0.29, 0.717) is 0 Å². The molecule has 0 radical (unpaired) electrons. The Balaban J connectivity index is 1.22. The van der Waals surface area contributed by atoms with Crippen molar-refractivity contribution in [3.05, 3.63) is 170 Å². The van der Waals surface area contributed by atoms with Gasteiger partial charge in [-0.15, -0.1) is 0 Å². The van der Waals surface area contributed by atoms with Crippen molar-refractivity contribution in [3.63, 3.8) is 0 Å². The minimum atomic E-state index is 1.23. The van der Waals surface area contributed by atoms with Crippen LogP contribution in [0, 0.1) is 0 Å². The van der Waals surface area contributed by atoms with E-state index in [9.17, 15) is 0 Å². The first-order valence-electron chi connectivity index (χ1n) is 14.5. The van der Waals surface area contributed by atoms with Crippen LogP contribution in [0.4, 0.5) is 0 Å². The number of benzene rings is 8. The van der Waals surface area contributed by atoms with Gasteiger partial charge < -0.3 is 0 Å². The second kappa shape index (κ2) is 10.2. The Kier molecular flexibility index (Phi) is 5.90. The van der Waals surface area contributed by atoms with Crippen molar-refractivity contribution in [1.29, 1.82) is 0 Å². The minimum absolute atomic E-state index is 1.23. The van der Waals surface area contributed by atoms with Crippen molar-refractivity contribution in [3.8, 4) is 44.5 Å². The van der Waals surface area contributed by atoms with Gasteiger partial charge in [-0.3, -0.25) is 0 Å². The van der Waals surface area contributed by atoms with Crippen LogP contribution in [0.25, 0.3) is 76.8 Å². The third kappa shape index (κ3) is 4.35. The summed E-state index contributed by atoms with van der Waals surface area (Å²) in [5.41, 5.74) is 9.94. The number of rotatable bonds is 4. The topological polar surface area (TPSA) is 0 Å². The van der Waals surface area contributed by atoms with E-state index in [0.717, 1.165) is 0 Å². The molecule has 0 aliphatic heterocycles. The van der Waals surface area contributed by atoms with Crippen LogP contribution < -0.4 is 0 Å². The predicted octanol–water partition coefficient (Wildman–Crippen LogP) is 11.8. The molecule has 0 aliphatic rings. The first-order valence-corrected chi connectivity index (χ1v) is 14.5. The van der Waals surface area contributed by atoms with Gasteiger partial charge in [0, 0.05) is 0 Å². The van der Waals surface area contributed by atoms with Gasteiger partial charge in [0.2, 0.25) is 0 Å². The first kappa shape index (κ1) is 24.3. The Labute approximate surface area is 246 Å². The molecule has 0 aromatic heterocycles. The smallest absolute Gasteiger partial charge is 0.00988 e. The number of hydrogen-bond donors (Lipinski definition) is 0. The van der Waals surface area contributed by atoms with Gasteiger partial charge in [0.1, 0.15) is 0 Å². The second-order valence-corrected chi connectivity index (χ2v) is 11.0. The summed E-state index contributed by atoms with van der Waals surface area (Å²) in [6.07, 6.45) is 0. The largest absolute Gasteiger partial charge is 0.0622 e. The van der Waals surface area contributed by atoms with Gasteiger partial charge in [0.05, 0.1) is 0 Å². The Morgan fingerprint density at radius 3 is 1.31 bits per heavy atom. The van der Waals surface area contributed by atoms with Gasteiger partial charge in [-0.25, -0.2) is 0 Å². The molecule has 0 aliphatic carbocycles. The van der Waals surface area contributed by atoms with Crippen molar-refractivity contribution in [2.24, 2.45) is 0 Å². The maximum Gasteiger partial charge on any atom is -0.00988 e. The maximum atomic E-state index is 2.35. The molecule has 0 spiro atoms. The van der Waals surface area contributed by atoms with Crippen LogP contribution in [-0.2, 0) is 0 Å². The van der Waals surface area contributed by atoms with Gasteiger partial charge in [-0.1, -0.05) is 140 Å². The summed E-state index contributed by atoms with van der Waals surface area (Å²) in [5.74, 6) is 0. The van der Waals surface area contributed by atoms with Crippen molar-refractivity contribution in [2.75, 3.05) is 0 Å². The Bertz CT molecular complexity index is 2220. The summed E-state index contributed by atoms with van der Waals surface area (Å²) in [4.78, 5) is 0. The van der Waals surface area contributed by atoms with Crippen molar-refractivity contribution in [2.45, 2.75) is 0 Å². The van der Waals surface area contributed by atoms with Gasteiger partial charge >= 0.3 is 0 Å². The maximum absolute atomic E-state index is 2.35. The van der Waals surface area contributed by atoms with Crippen molar-refractivity contribution < 1.29 is 0 Å².